The number of ether oxygens (including phenoxy) is 1. The first kappa shape index (κ1) is 16.1. The standard InChI is InChI=1S/C19H20N2O3/c20-19(23)15-6-8-17(9-7-15)24-13-18(22)21-11-10-16(12-21)14-4-2-1-3-5-14/h1-9,16H,10-13H2,(H2,20,23). The highest BCUT2D eigenvalue weighted by molar-refractivity contribution is 5.92. The van der Waals surface area contributed by atoms with Crippen LogP contribution in [0.25, 0.3) is 0 Å². The van der Waals surface area contributed by atoms with E-state index in [9.17, 15) is 9.59 Å². The molecular formula is C19H20N2O3. The molecule has 2 amide bonds. The van der Waals surface area contributed by atoms with Gasteiger partial charge in [0.2, 0.25) is 5.91 Å². The van der Waals surface area contributed by atoms with Crippen molar-refractivity contribution in [3.63, 3.8) is 0 Å². The van der Waals surface area contributed by atoms with Gasteiger partial charge in [0.05, 0.1) is 0 Å². The molecular weight excluding hydrogens is 304 g/mol. The number of hydrogen-bond acceptors (Lipinski definition) is 3. The number of primary amides is 1. The molecule has 2 aromatic carbocycles. The van der Waals surface area contributed by atoms with Crippen LogP contribution in [0, 0.1) is 0 Å². The number of carbonyl (C=O) groups is 2. The topological polar surface area (TPSA) is 72.6 Å². The Morgan fingerprint density at radius 1 is 1.08 bits per heavy atom. The number of nitrogens with zero attached hydrogens (tertiary/aromatic N) is 1. The summed E-state index contributed by atoms with van der Waals surface area (Å²) in [6, 6.07) is 16.7. The van der Waals surface area contributed by atoms with Crippen LogP contribution in [0.3, 0.4) is 0 Å². The number of nitrogens with two attached hydrogens (primary N) is 1. The quantitative estimate of drug-likeness (QED) is 0.916. The van der Waals surface area contributed by atoms with Crippen molar-refractivity contribution < 1.29 is 14.3 Å². The van der Waals surface area contributed by atoms with Crippen LogP contribution >= 0.6 is 0 Å². The average Bonchev–Trinajstić information content (AvgIpc) is 3.11. The first-order valence-corrected chi connectivity index (χ1v) is 7.99. The van der Waals surface area contributed by atoms with Crippen molar-refractivity contribution in [1.29, 1.82) is 0 Å². The number of rotatable bonds is 5. The van der Waals surface area contributed by atoms with Crippen molar-refractivity contribution in [1.82, 2.24) is 4.90 Å². The molecule has 1 aliphatic heterocycles. The zero-order valence-corrected chi connectivity index (χ0v) is 13.4. The van der Waals surface area contributed by atoms with Crippen LogP contribution in [0.15, 0.2) is 54.6 Å². The minimum absolute atomic E-state index is 0.00255. The fourth-order valence-electron chi connectivity index (χ4n) is 2.94. The summed E-state index contributed by atoms with van der Waals surface area (Å²) in [4.78, 5) is 25.2. The lowest BCUT2D eigenvalue weighted by Gasteiger charge is -2.17. The second-order valence-corrected chi connectivity index (χ2v) is 5.91. The van der Waals surface area contributed by atoms with Crippen molar-refractivity contribution in [3.8, 4) is 5.75 Å². The van der Waals surface area contributed by atoms with Crippen LogP contribution in [-0.2, 0) is 4.79 Å². The van der Waals surface area contributed by atoms with E-state index in [2.05, 4.69) is 12.1 Å². The molecule has 0 saturated carbocycles. The highest BCUT2D eigenvalue weighted by Gasteiger charge is 2.27. The van der Waals surface area contributed by atoms with E-state index in [-0.39, 0.29) is 12.5 Å². The molecule has 0 radical (unpaired) electrons. The van der Waals surface area contributed by atoms with Gasteiger partial charge >= 0.3 is 0 Å². The zero-order valence-electron chi connectivity index (χ0n) is 13.4. The van der Waals surface area contributed by atoms with Gasteiger partial charge in [-0.15, -0.1) is 0 Å². The molecule has 1 heterocycles. The smallest absolute Gasteiger partial charge is 0.260 e. The molecule has 1 saturated heterocycles. The van der Waals surface area contributed by atoms with Crippen molar-refractivity contribution in [3.05, 3.63) is 65.7 Å². The van der Waals surface area contributed by atoms with Gasteiger partial charge in [-0.3, -0.25) is 9.59 Å². The Kier molecular flexibility index (Phi) is 4.79. The normalized spacial score (nSPS) is 16.8. The molecule has 1 unspecified atom stereocenters. The molecule has 5 heteroatoms. The van der Waals surface area contributed by atoms with Gasteiger partial charge < -0.3 is 15.4 Å². The molecule has 5 nitrogen and oxygen atoms in total. The Labute approximate surface area is 141 Å². The summed E-state index contributed by atoms with van der Waals surface area (Å²) in [5.41, 5.74) is 6.88. The van der Waals surface area contributed by atoms with E-state index in [1.807, 2.05) is 23.1 Å². The van der Waals surface area contributed by atoms with Gasteiger partial charge in [-0.25, -0.2) is 0 Å². The second kappa shape index (κ2) is 7.17. The first-order valence-electron chi connectivity index (χ1n) is 7.99. The summed E-state index contributed by atoms with van der Waals surface area (Å²) in [7, 11) is 0. The maximum absolute atomic E-state index is 12.3. The van der Waals surface area contributed by atoms with Gasteiger partial charge in [0.15, 0.2) is 6.61 Å². The van der Waals surface area contributed by atoms with Gasteiger partial charge in [-0.2, -0.15) is 0 Å². The van der Waals surface area contributed by atoms with Gasteiger partial charge in [0, 0.05) is 24.6 Å². The monoisotopic (exact) mass is 324 g/mol. The van der Waals surface area contributed by atoms with Crippen LogP contribution < -0.4 is 10.5 Å². The van der Waals surface area contributed by atoms with Gasteiger partial charge in [-0.1, -0.05) is 30.3 Å². The molecule has 1 aliphatic rings. The minimum atomic E-state index is -0.485. The van der Waals surface area contributed by atoms with Crippen LogP contribution in [0.4, 0.5) is 0 Å². The maximum atomic E-state index is 12.3. The van der Waals surface area contributed by atoms with Crippen LogP contribution in [-0.4, -0.2) is 36.4 Å². The molecule has 0 aromatic heterocycles. The molecule has 0 aliphatic carbocycles. The SMILES string of the molecule is NC(=O)c1ccc(OCC(=O)N2CCC(c3ccccc3)C2)cc1. The number of likely N-dealkylation sites (tertiary alicyclic amines) is 1. The van der Waals surface area contributed by atoms with E-state index in [0.717, 1.165) is 19.5 Å². The third-order valence-corrected chi connectivity index (χ3v) is 4.31. The lowest BCUT2D eigenvalue weighted by atomic mass is 9.99. The third-order valence-electron chi connectivity index (χ3n) is 4.31. The lowest BCUT2D eigenvalue weighted by molar-refractivity contribution is -0.132. The number of hydrogen-bond donors (Lipinski definition) is 1. The predicted molar refractivity (Wildman–Crippen MR) is 90.8 cm³/mol. The number of benzene rings is 2. The van der Waals surface area contributed by atoms with Crippen molar-refractivity contribution in [2.24, 2.45) is 5.73 Å². The first-order chi connectivity index (χ1) is 11.6. The molecule has 3 rings (SSSR count). The zero-order chi connectivity index (χ0) is 16.9. The van der Waals surface area contributed by atoms with Crippen molar-refractivity contribution in [2.45, 2.75) is 12.3 Å². The predicted octanol–water partition coefficient (Wildman–Crippen LogP) is 2.18. The molecule has 0 spiro atoms. The van der Waals surface area contributed by atoms with Crippen LogP contribution in [0.2, 0.25) is 0 Å². The lowest BCUT2D eigenvalue weighted by Crippen LogP contribution is -2.32. The summed E-state index contributed by atoms with van der Waals surface area (Å²) < 4.78 is 5.51. The maximum Gasteiger partial charge on any atom is 0.260 e. The van der Waals surface area contributed by atoms with E-state index in [0.29, 0.717) is 17.2 Å². The van der Waals surface area contributed by atoms with Crippen molar-refractivity contribution in [2.75, 3.05) is 19.7 Å². The van der Waals surface area contributed by atoms with E-state index in [1.165, 1.54) is 5.56 Å². The summed E-state index contributed by atoms with van der Waals surface area (Å²) in [6.45, 7) is 1.48. The molecule has 2 aromatic rings. The van der Waals surface area contributed by atoms with E-state index in [4.69, 9.17) is 10.5 Å². The highest BCUT2D eigenvalue weighted by Crippen LogP contribution is 2.27. The van der Waals surface area contributed by atoms with E-state index in [1.54, 1.807) is 24.3 Å². The van der Waals surface area contributed by atoms with Crippen molar-refractivity contribution >= 4 is 11.8 Å². The summed E-state index contributed by atoms with van der Waals surface area (Å²) >= 11 is 0. The molecule has 24 heavy (non-hydrogen) atoms. The second-order valence-electron chi connectivity index (χ2n) is 5.91. The fraction of sp³-hybridized carbons (Fsp3) is 0.263. The molecule has 2 N–H and O–H groups in total. The highest BCUT2D eigenvalue weighted by atomic mass is 16.5. The van der Waals surface area contributed by atoms with Gasteiger partial charge in [-0.05, 0) is 36.2 Å². The Balaban J connectivity index is 1.51. The van der Waals surface area contributed by atoms with Crippen LogP contribution in [0.1, 0.15) is 28.3 Å². The Bertz CT molecular complexity index is 713. The molecule has 1 fully saturated rings. The third kappa shape index (κ3) is 3.74. The van der Waals surface area contributed by atoms with Gasteiger partial charge in [0.25, 0.3) is 5.91 Å². The molecule has 0 bridgehead atoms. The summed E-state index contributed by atoms with van der Waals surface area (Å²) in [5, 5.41) is 0. The van der Waals surface area contributed by atoms with Crippen LogP contribution in [0.5, 0.6) is 5.75 Å². The van der Waals surface area contributed by atoms with E-state index < -0.39 is 5.91 Å². The number of carbonyl (C=O) groups excluding carboxylic acids is 2. The fourth-order valence-corrected chi connectivity index (χ4v) is 2.94. The minimum Gasteiger partial charge on any atom is -0.484 e. The Hall–Kier alpha value is -2.82. The van der Waals surface area contributed by atoms with E-state index >= 15 is 0 Å². The average molecular weight is 324 g/mol. The summed E-state index contributed by atoms with van der Waals surface area (Å²) in [5.74, 6) is 0.436. The largest absolute Gasteiger partial charge is 0.484 e. The molecule has 1 atom stereocenters. The Morgan fingerprint density at radius 2 is 1.79 bits per heavy atom. The number of amides is 2. The van der Waals surface area contributed by atoms with Gasteiger partial charge in [0.1, 0.15) is 5.75 Å². The summed E-state index contributed by atoms with van der Waals surface area (Å²) in [6.07, 6.45) is 0.975. The Morgan fingerprint density at radius 3 is 2.46 bits per heavy atom. The molecule has 124 valence electrons.